The first kappa shape index (κ1) is 19.7. The Morgan fingerprint density at radius 3 is 2.46 bits per heavy atom. The summed E-state index contributed by atoms with van der Waals surface area (Å²) in [5, 5.41) is 3.74. The SMILES string of the molecule is CC(C)(C)OC(=O)NC(C=O)Cc1cn(Cc2ccccc2)c2ccccc12. The maximum absolute atomic E-state index is 12.0. The molecule has 146 valence electrons. The highest BCUT2D eigenvalue weighted by Crippen LogP contribution is 2.23. The second-order valence-electron chi connectivity index (χ2n) is 7.88. The Hall–Kier alpha value is -3.08. The molecule has 1 heterocycles. The number of aldehydes is 1. The molecule has 3 aromatic rings. The zero-order valence-corrected chi connectivity index (χ0v) is 16.5. The summed E-state index contributed by atoms with van der Waals surface area (Å²) in [5.74, 6) is 0. The lowest BCUT2D eigenvalue weighted by molar-refractivity contribution is -0.109. The third-order valence-electron chi connectivity index (χ3n) is 4.37. The van der Waals surface area contributed by atoms with Gasteiger partial charge >= 0.3 is 6.09 Å². The van der Waals surface area contributed by atoms with Crippen molar-refractivity contribution >= 4 is 23.3 Å². The van der Waals surface area contributed by atoms with Gasteiger partial charge in [0.25, 0.3) is 0 Å². The molecular weight excluding hydrogens is 352 g/mol. The standard InChI is InChI=1S/C23H26N2O3/c1-23(2,3)28-22(27)24-19(16-26)13-18-15-25(14-17-9-5-4-6-10-17)21-12-8-7-11-20(18)21/h4-12,15-16,19H,13-14H2,1-3H3,(H,24,27). The van der Waals surface area contributed by atoms with E-state index in [0.717, 1.165) is 29.3 Å². The second-order valence-corrected chi connectivity index (χ2v) is 7.88. The molecule has 0 bridgehead atoms. The van der Waals surface area contributed by atoms with Crippen molar-refractivity contribution in [3.8, 4) is 0 Å². The summed E-state index contributed by atoms with van der Waals surface area (Å²) in [4.78, 5) is 23.6. The number of ether oxygens (including phenoxy) is 1. The number of fused-ring (bicyclic) bond motifs is 1. The maximum Gasteiger partial charge on any atom is 0.408 e. The quantitative estimate of drug-likeness (QED) is 0.650. The van der Waals surface area contributed by atoms with Crippen molar-refractivity contribution in [2.45, 2.75) is 45.4 Å². The van der Waals surface area contributed by atoms with Gasteiger partial charge in [0.1, 0.15) is 11.9 Å². The highest BCUT2D eigenvalue weighted by Gasteiger charge is 2.20. The number of amides is 1. The van der Waals surface area contributed by atoms with E-state index in [2.05, 4.69) is 34.3 Å². The molecule has 3 rings (SSSR count). The number of rotatable bonds is 6. The van der Waals surface area contributed by atoms with Crippen molar-refractivity contribution in [3.05, 3.63) is 71.9 Å². The topological polar surface area (TPSA) is 60.3 Å². The summed E-state index contributed by atoms with van der Waals surface area (Å²) < 4.78 is 7.44. The number of hydrogen-bond acceptors (Lipinski definition) is 3. The Morgan fingerprint density at radius 2 is 1.79 bits per heavy atom. The smallest absolute Gasteiger partial charge is 0.408 e. The summed E-state index contributed by atoms with van der Waals surface area (Å²) >= 11 is 0. The van der Waals surface area contributed by atoms with Gasteiger partial charge in [0.05, 0.1) is 6.04 Å². The summed E-state index contributed by atoms with van der Waals surface area (Å²) in [6.07, 6.45) is 2.64. The third kappa shape index (κ3) is 5.00. The van der Waals surface area contributed by atoms with Gasteiger partial charge in [-0.1, -0.05) is 48.5 Å². The Kier molecular flexibility index (Phi) is 5.83. The summed E-state index contributed by atoms with van der Waals surface area (Å²) in [7, 11) is 0. The van der Waals surface area contributed by atoms with Gasteiger partial charge < -0.3 is 19.4 Å². The van der Waals surface area contributed by atoms with E-state index < -0.39 is 17.7 Å². The molecule has 0 spiro atoms. The van der Waals surface area contributed by atoms with Gasteiger partial charge in [-0.3, -0.25) is 0 Å². The van der Waals surface area contributed by atoms with Crippen LogP contribution in [0.15, 0.2) is 60.8 Å². The first-order chi connectivity index (χ1) is 13.4. The fourth-order valence-electron chi connectivity index (χ4n) is 3.23. The van der Waals surface area contributed by atoms with Crippen LogP contribution in [-0.2, 0) is 22.5 Å². The molecule has 1 atom stereocenters. The molecule has 0 aliphatic carbocycles. The maximum atomic E-state index is 12.0. The van der Waals surface area contributed by atoms with Gasteiger partial charge in [-0.05, 0) is 38.0 Å². The van der Waals surface area contributed by atoms with Crippen LogP contribution in [0.1, 0.15) is 31.9 Å². The van der Waals surface area contributed by atoms with Gasteiger partial charge in [-0.25, -0.2) is 4.79 Å². The van der Waals surface area contributed by atoms with Gasteiger partial charge in [0, 0.05) is 30.1 Å². The van der Waals surface area contributed by atoms with Crippen molar-refractivity contribution < 1.29 is 14.3 Å². The van der Waals surface area contributed by atoms with Crippen LogP contribution >= 0.6 is 0 Å². The molecule has 1 amide bonds. The minimum atomic E-state index is -0.647. The van der Waals surface area contributed by atoms with Crippen molar-refractivity contribution in [2.75, 3.05) is 0 Å². The van der Waals surface area contributed by atoms with Crippen molar-refractivity contribution in [1.29, 1.82) is 0 Å². The molecule has 1 N–H and O–H groups in total. The van der Waals surface area contributed by atoms with Crippen LogP contribution in [0, 0.1) is 0 Å². The van der Waals surface area contributed by atoms with Gasteiger partial charge in [0.15, 0.2) is 0 Å². The minimum Gasteiger partial charge on any atom is -0.444 e. The molecule has 2 aromatic carbocycles. The first-order valence-electron chi connectivity index (χ1n) is 9.41. The van der Waals surface area contributed by atoms with Crippen molar-refractivity contribution in [2.24, 2.45) is 0 Å². The van der Waals surface area contributed by atoms with E-state index in [-0.39, 0.29) is 0 Å². The van der Waals surface area contributed by atoms with E-state index >= 15 is 0 Å². The van der Waals surface area contributed by atoms with E-state index in [9.17, 15) is 9.59 Å². The molecule has 0 aliphatic heterocycles. The normalized spacial score (nSPS) is 12.5. The first-order valence-corrected chi connectivity index (χ1v) is 9.41. The number of carbonyl (C=O) groups is 2. The highest BCUT2D eigenvalue weighted by atomic mass is 16.6. The van der Waals surface area contributed by atoms with Crippen LogP contribution in [-0.4, -0.2) is 28.6 Å². The number of alkyl carbamates (subject to hydrolysis) is 1. The van der Waals surface area contributed by atoms with E-state index in [1.54, 1.807) is 20.8 Å². The zero-order valence-electron chi connectivity index (χ0n) is 16.5. The number of nitrogens with one attached hydrogen (secondary N) is 1. The van der Waals surface area contributed by atoms with Crippen LogP contribution < -0.4 is 5.32 Å². The summed E-state index contributed by atoms with van der Waals surface area (Å²) in [6.45, 7) is 6.12. The summed E-state index contributed by atoms with van der Waals surface area (Å²) in [5.41, 5.74) is 2.71. The molecule has 1 aromatic heterocycles. The van der Waals surface area contributed by atoms with Crippen LogP contribution in [0.25, 0.3) is 10.9 Å². The third-order valence-corrected chi connectivity index (χ3v) is 4.37. The van der Waals surface area contributed by atoms with Crippen molar-refractivity contribution in [3.63, 3.8) is 0 Å². The van der Waals surface area contributed by atoms with Crippen LogP contribution in [0.3, 0.4) is 0 Å². The van der Waals surface area contributed by atoms with Crippen LogP contribution in [0.2, 0.25) is 0 Å². The van der Waals surface area contributed by atoms with Gasteiger partial charge in [-0.15, -0.1) is 0 Å². The lowest BCUT2D eigenvalue weighted by Crippen LogP contribution is -2.41. The number of hydrogen-bond donors (Lipinski definition) is 1. The minimum absolute atomic E-state index is 0.408. The Bertz CT molecular complexity index is 955. The number of nitrogens with zero attached hydrogens (tertiary/aromatic N) is 1. The molecule has 0 saturated carbocycles. The average Bonchev–Trinajstić information content (AvgIpc) is 2.98. The molecule has 1 unspecified atom stereocenters. The van der Waals surface area contributed by atoms with Gasteiger partial charge in [-0.2, -0.15) is 0 Å². The van der Waals surface area contributed by atoms with Gasteiger partial charge in [0.2, 0.25) is 0 Å². The fourth-order valence-corrected chi connectivity index (χ4v) is 3.23. The van der Waals surface area contributed by atoms with Crippen LogP contribution in [0.5, 0.6) is 0 Å². The van der Waals surface area contributed by atoms with E-state index in [1.807, 2.05) is 36.4 Å². The molecule has 28 heavy (non-hydrogen) atoms. The molecule has 0 fully saturated rings. The number of benzene rings is 2. The predicted octanol–water partition coefficient (Wildman–Crippen LogP) is 4.32. The van der Waals surface area contributed by atoms with E-state index in [0.29, 0.717) is 6.42 Å². The number of aromatic nitrogens is 1. The lowest BCUT2D eigenvalue weighted by Gasteiger charge is -2.21. The molecule has 0 aliphatic rings. The highest BCUT2D eigenvalue weighted by molar-refractivity contribution is 5.85. The Labute approximate surface area is 165 Å². The largest absolute Gasteiger partial charge is 0.444 e. The fraction of sp³-hybridized carbons (Fsp3) is 0.304. The second kappa shape index (κ2) is 8.30. The average molecular weight is 378 g/mol. The van der Waals surface area contributed by atoms with Crippen LogP contribution in [0.4, 0.5) is 4.79 Å². The van der Waals surface area contributed by atoms with Crippen molar-refractivity contribution in [1.82, 2.24) is 9.88 Å². The molecule has 0 radical (unpaired) electrons. The molecular formula is C23H26N2O3. The molecule has 5 heteroatoms. The Morgan fingerprint density at radius 1 is 1.11 bits per heavy atom. The monoisotopic (exact) mass is 378 g/mol. The summed E-state index contributed by atoms with van der Waals surface area (Å²) in [6, 6.07) is 17.7. The number of carbonyl (C=O) groups excluding carboxylic acids is 2. The molecule has 0 saturated heterocycles. The number of para-hydroxylation sites is 1. The molecule has 5 nitrogen and oxygen atoms in total. The lowest BCUT2D eigenvalue weighted by atomic mass is 10.1. The Balaban J connectivity index is 1.82. The van der Waals surface area contributed by atoms with E-state index in [1.165, 1.54) is 5.56 Å². The zero-order chi connectivity index (χ0) is 20.1. The van der Waals surface area contributed by atoms with E-state index in [4.69, 9.17) is 4.74 Å². The predicted molar refractivity (Wildman–Crippen MR) is 110 cm³/mol.